The number of rotatable bonds is 9. The molecule has 6 aromatic rings. The number of benzene rings is 4. The quantitative estimate of drug-likeness (QED) is 0.220. The highest BCUT2D eigenvalue weighted by molar-refractivity contribution is 5.79. The molecule has 10 nitrogen and oxygen atoms in total. The monoisotopic (exact) mass is 613 g/mol. The van der Waals surface area contributed by atoms with E-state index in [-0.39, 0.29) is 19.1 Å². The molecular formula is C36H35N7O3. The fourth-order valence-corrected chi connectivity index (χ4v) is 6.42. The van der Waals surface area contributed by atoms with Gasteiger partial charge < -0.3 is 20.0 Å². The molecule has 3 heterocycles. The molecule has 7 rings (SSSR count). The van der Waals surface area contributed by atoms with Crippen LogP contribution in [0.5, 0.6) is 0 Å². The lowest BCUT2D eigenvalue weighted by Gasteiger charge is -2.36. The number of nitrogens with one attached hydrogen (secondary N) is 1. The van der Waals surface area contributed by atoms with Crippen LogP contribution in [0.15, 0.2) is 122 Å². The normalized spacial score (nSPS) is 20.3. The molecule has 0 aliphatic carbocycles. The SMILES string of the molecule is O=C1N(Cc2cccc(-n3nccn3)c2)C(Cc2ccccc2)C(O)C(O)C(Cc2ccccc2)N1Cc1ccc2cn[nH]c2c1. The Morgan fingerprint density at radius 3 is 1.83 bits per heavy atom. The maximum atomic E-state index is 15.0. The lowest BCUT2D eigenvalue weighted by molar-refractivity contribution is -0.0408. The number of aliphatic hydroxyl groups excluding tert-OH is 2. The lowest BCUT2D eigenvalue weighted by Crippen LogP contribution is -2.50. The summed E-state index contributed by atoms with van der Waals surface area (Å²) in [5.41, 5.74) is 5.29. The zero-order valence-electron chi connectivity index (χ0n) is 25.2. The van der Waals surface area contributed by atoms with Crippen molar-refractivity contribution in [3.8, 4) is 5.69 Å². The van der Waals surface area contributed by atoms with Gasteiger partial charge in [-0.1, -0.05) is 84.9 Å². The van der Waals surface area contributed by atoms with Crippen LogP contribution in [0, 0.1) is 0 Å². The molecule has 0 saturated carbocycles. The predicted octanol–water partition coefficient (Wildman–Crippen LogP) is 4.53. The number of carbonyl (C=O) groups excluding carboxylic acids is 1. The van der Waals surface area contributed by atoms with Gasteiger partial charge in [-0.05, 0) is 53.3 Å². The largest absolute Gasteiger partial charge is 0.388 e. The predicted molar refractivity (Wildman–Crippen MR) is 174 cm³/mol. The Hall–Kier alpha value is -5.32. The number of aliphatic hydroxyl groups is 2. The summed E-state index contributed by atoms with van der Waals surface area (Å²) in [6, 6.07) is 31.6. The van der Waals surface area contributed by atoms with Gasteiger partial charge in [-0.15, -0.1) is 0 Å². The summed E-state index contributed by atoms with van der Waals surface area (Å²) in [6.07, 6.45) is 3.32. The highest BCUT2D eigenvalue weighted by atomic mass is 16.3. The molecule has 4 atom stereocenters. The molecule has 1 aliphatic rings. The van der Waals surface area contributed by atoms with E-state index >= 15 is 0 Å². The first-order chi connectivity index (χ1) is 22.5. The van der Waals surface area contributed by atoms with Crippen molar-refractivity contribution < 1.29 is 15.0 Å². The molecule has 3 N–H and O–H groups in total. The van der Waals surface area contributed by atoms with Crippen LogP contribution in [0.3, 0.4) is 0 Å². The van der Waals surface area contributed by atoms with Gasteiger partial charge in [0.2, 0.25) is 0 Å². The second-order valence-electron chi connectivity index (χ2n) is 11.8. The number of fused-ring (bicyclic) bond motifs is 1. The molecule has 1 saturated heterocycles. The summed E-state index contributed by atoms with van der Waals surface area (Å²) in [6.45, 7) is 0.449. The molecule has 0 bridgehead atoms. The Balaban J connectivity index is 1.31. The van der Waals surface area contributed by atoms with E-state index in [9.17, 15) is 15.0 Å². The number of aromatic amines is 1. The summed E-state index contributed by atoms with van der Waals surface area (Å²) in [5, 5.41) is 40.6. The van der Waals surface area contributed by atoms with E-state index < -0.39 is 24.3 Å². The molecule has 232 valence electrons. The van der Waals surface area contributed by atoms with Crippen molar-refractivity contribution in [3.63, 3.8) is 0 Å². The molecule has 46 heavy (non-hydrogen) atoms. The van der Waals surface area contributed by atoms with Gasteiger partial charge in [-0.25, -0.2) is 4.79 Å². The van der Waals surface area contributed by atoms with E-state index in [2.05, 4.69) is 20.4 Å². The maximum Gasteiger partial charge on any atom is 0.321 e. The summed E-state index contributed by atoms with van der Waals surface area (Å²) in [4.78, 5) is 19.9. The summed E-state index contributed by atoms with van der Waals surface area (Å²) in [7, 11) is 0. The molecule has 1 aliphatic heterocycles. The van der Waals surface area contributed by atoms with E-state index in [1.54, 1.807) is 28.4 Å². The Kier molecular flexibility index (Phi) is 8.28. The Morgan fingerprint density at radius 1 is 0.652 bits per heavy atom. The number of urea groups is 1. The second-order valence-corrected chi connectivity index (χ2v) is 11.8. The van der Waals surface area contributed by atoms with Gasteiger partial charge in [0.1, 0.15) is 12.2 Å². The van der Waals surface area contributed by atoms with Crippen molar-refractivity contribution in [1.29, 1.82) is 0 Å². The van der Waals surface area contributed by atoms with Crippen molar-refractivity contribution >= 4 is 16.9 Å². The highest BCUT2D eigenvalue weighted by Crippen LogP contribution is 2.30. The number of aromatic nitrogens is 5. The van der Waals surface area contributed by atoms with Crippen molar-refractivity contribution in [2.75, 3.05) is 0 Å². The molecule has 2 amide bonds. The minimum Gasteiger partial charge on any atom is -0.388 e. The molecule has 10 heteroatoms. The second kappa shape index (κ2) is 13.0. The van der Waals surface area contributed by atoms with Gasteiger partial charge in [0.05, 0.1) is 41.9 Å². The minimum absolute atomic E-state index is 0.212. The molecular weight excluding hydrogens is 578 g/mol. The highest BCUT2D eigenvalue weighted by Gasteiger charge is 2.46. The first-order valence-corrected chi connectivity index (χ1v) is 15.4. The van der Waals surface area contributed by atoms with Gasteiger partial charge in [-0.3, -0.25) is 5.10 Å². The third-order valence-electron chi connectivity index (χ3n) is 8.78. The van der Waals surface area contributed by atoms with Crippen LogP contribution in [-0.4, -0.2) is 75.5 Å². The number of amides is 2. The van der Waals surface area contributed by atoms with Crippen LogP contribution in [0.2, 0.25) is 0 Å². The molecule has 0 spiro atoms. The van der Waals surface area contributed by atoms with Crippen molar-refractivity contribution in [2.24, 2.45) is 0 Å². The average Bonchev–Trinajstić information content (AvgIpc) is 3.80. The van der Waals surface area contributed by atoms with E-state index in [1.807, 2.05) is 103 Å². The van der Waals surface area contributed by atoms with Gasteiger partial charge in [0.15, 0.2) is 0 Å². The van der Waals surface area contributed by atoms with Crippen LogP contribution in [-0.2, 0) is 25.9 Å². The zero-order chi connectivity index (χ0) is 31.5. The van der Waals surface area contributed by atoms with E-state index in [0.29, 0.717) is 12.8 Å². The maximum absolute atomic E-state index is 15.0. The van der Waals surface area contributed by atoms with Crippen LogP contribution >= 0.6 is 0 Å². The fraction of sp³-hybridized carbons (Fsp3) is 0.222. The van der Waals surface area contributed by atoms with Crippen molar-refractivity contribution in [3.05, 3.63) is 144 Å². The van der Waals surface area contributed by atoms with Gasteiger partial charge in [0, 0.05) is 18.5 Å². The van der Waals surface area contributed by atoms with E-state index in [4.69, 9.17) is 0 Å². The number of hydrogen-bond donors (Lipinski definition) is 3. The summed E-state index contributed by atoms with van der Waals surface area (Å²) in [5.74, 6) is 0. The number of hydrogen-bond acceptors (Lipinski definition) is 6. The average molecular weight is 614 g/mol. The molecule has 0 radical (unpaired) electrons. The number of nitrogens with zero attached hydrogens (tertiary/aromatic N) is 6. The van der Waals surface area contributed by atoms with Crippen LogP contribution in [0.25, 0.3) is 16.6 Å². The van der Waals surface area contributed by atoms with Crippen LogP contribution < -0.4 is 0 Å². The lowest BCUT2D eigenvalue weighted by atomic mass is 9.91. The molecule has 2 aromatic heterocycles. The Morgan fingerprint density at radius 2 is 1.22 bits per heavy atom. The topological polar surface area (TPSA) is 123 Å². The number of carbonyl (C=O) groups is 1. The molecule has 4 unspecified atom stereocenters. The zero-order valence-corrected chi connectivity index (χ0v) is 25.2. The molecule has 4 aromatic carbocycles. The third kappa shape index (κ3) is 6.13. The number of H-pyrrole nitrogens is 1. The molecule has 1 fully saturated rings. The fourth-order valence-electron chi connectivity index (χ4n) is 6.42. The van der Waals surface area contributed by atoms with E-state index in [1.165, 1.54) is 4.80 Å². The Labute approximate surface area is 266 Å². The standard InChI is InChI=1S/C36H35N7O3/c44-34-32(20-25-8-3-1-4-9-25)41(23-27-12-7-13-30(18-27)43-38-16-17-39-43)36(46)42(24-28-14-15-29-22-37-40-31(29)19-28)33(35(34)45)21-26-10-5-2-6-11-26/h1-19,22,32-35,44-45H,20-21,23-24H2,(H,37,40). The first-order valence-electron chi connectivity index (χ1n) is 15.4. The summed E-state index contributed by atoms with van der Waals surface area (Å²) >= 11 is 0. The third-order valence-corrected chi connectivity index (χ3v) is 8.78. The smallest absolute Gasteiger partial charge is 0.321 e. The summed E-state index contributed by atoms with van der Waals surface area (Å²) < 4.78 is 0. The van der Waals surface area contributed by atoms with Gasteiger partial charge in [-0.2, -0.15) is 20.1 Å². The van der Waals surface area contributed by atoms with Crippen LogP contribution in [0.1, 0.15) is 22.3 Å². The van der Waals surface area contributed by atoms with Crippen molar-refractivity contribution in [2.45, 2.75) is 50.2 Å². The first kappa shape index (κ1) is 29.4. The van der Waals surface area contributed by atoms with Gasteiger partial charge >= 0.3 is 6.03 Å². The van der Waals surface area contributed by atoms with Crippen molar-refractivity contribution in [1.82, 2.24) is 35.0 Å². The Bertz CT molecular complexity index is 1900. The minimum atomic E-state index is -1.21. The van der Waals surface area contributed by atoms with Crippen LogP contribution in [0.4, 0.5) is 4.79 Å². The van der Waals surface area contributed by atoms with E-state index in [0.717, 1.165) is 38.8 Å². The van der Waals surface area contributed by atoms with Gasteiger partial charge in [0.25, 0.3) is 0 Å².